The molecule has 4 heteroatoms. The molecule has 0 heterocycles. The molecule has 3 nitrogen and oxygen atoms in total. The lowest BCUT2D eigenvalue weighted by Gasteiger charge is -2.43. The lowest BCUT2D eigenvalue weighted by molar-refractivity contribution is -0.128. The largest absolute Gasteiger partial charge is 0.349 e. The van der Waals surface area contributed by atoms with Gasteiger partial charge < -0.3 is 11.1 Å². The predicted molar refractivity (Wildman–Crippen MR) is 101 cm³/mol. The highest BCUT2D eigenvalue weighted by molar-refractivity contribution is 5.85. The first-order chi connectivity index (χ1) is 11.1. The Hall–Kier alpha value is -1.06. The second kappa shape index (κ2) is 8.35. The number of carbonyl (C=O) groups is 1. The van der Waals surface area contributed by atoms with Gasteiger partial charge in [0.15, 0.2) is 0 Å². The summed E-state index contributed by atoms with van der Waals surface area (Å²) in [4.78, 5) is 12.7. The van der Waals surface area contributed by atoms with Crippen LogP contribution in [0.3, 0.4) is 0 Å². The third kappa shape index (κ3) is 4.12. The number of halogens is 1. The van der Waals surface area contributed by atoms with Crippen molar-refractivity contribution in [1.82, 2.24) is 5.32 Å². The van der Waals surface area contributed by atoms with Gasteiger partial charge in [-0.25, -0.2) is 0 Å². The van der Waals surface area contributed by atoms with Crippen LogP contribution in [0.25, 0.3) is 0 Å². The fourth-order valence-electron chi connectivity index (χ4n) is 4.46. The first-order valence-corrected chi connectivity index (χ1v) is 9.23. The maximum absolute atomic E-state index is 12.7. The van der Waals surface area contributed by atoms with Crippen molar-refractivity contribution in [2.45, 2.75) is 64.5 Å². The third-order valence-corrected chi connectivity index (χ3v) is 6.03. The van der Waals surface area contributed by atoms with Crippen LogP contribution in [0.5, 0.6) is 0 Å². The molecule has 3 atom stereocenters. The first-order valence-electron chi connectivity index (χ1n) is 9.23. The van der Waals surface area contributed by atoms with E-state index in [9.17, 15) is 4.79 Å². The minimum Gasteiger partial charge on any atom is -0.349 e. The van der Waals surface area contributed by atoms with Gasteiger partial charge in [0.2, 0.25) is 5.91 Å². The molecule has 24 heavy (non-hydrogen) atoms. The van der Waals surface area contributed by atoms with Crippen LogP contribution in [-0.2, 0) is 11.2 Å². The molecule has 2 aliphatic rings. The first kappa shape index (κ1) is 19.3. The van der Waals surface area contributed by atoms with Gasteiger partial charge in [0.05, 0.1) is 6.04 Å². The normalized spacial score (nSPS) is 30.1. The van der Waals surface area contributed by atoms with E-state index < -0.39 is 0 Å². The molecule has 134 valence electrons. The number of benzene rings is 1. The molecule has 1 aromatic carbocycles. The summed E-state index contributed by atoms with van der Waals surface area (Å²) in [6.45, 7) is 4.24. The van der Waals surface area contributed by atoms with Crippen LogP contribution in [0, 0.1) is 17.8 Å². The number of carbonyl (C=O) groups excluding carboxylic acids is 1. The standard InChI is InChI=1S/C20H30N2O.ClH/c1-3-14-7-9-15(10-8-14)13(2)22-20(23)18-11-16-5-4-6-17(12-18)19(16)21;/h7-10,13,16-19H,3-6,11-12,21H2,1-2H3,(H,22,23);1H. The van der Waals surface area contributed by atoms with Gasteiger partial charge in [-0.3, -0.25) is 4.79 Å². The Labute approximate surface area is 152 Å². The minimum absolute atomic E-state index is 0. The highest BCUT2D eigenvalue weighted by atomic mass is 35.5. The van der Waals surface area contributed by atoms with Crippen molar-refractivity contribution in [3.8, 4) is 0 Å². The smallest absolute Gasteiger partial charge is 0.223 e. The monoisotopic (exact) mass is 350 g/mol. The van der Waals surface area contributed by atoms with Crippen LogP contribution in [0.2, 0.25) is 0 Å². The van der Waals surface area contributed by atoms with E-state index >= 15 is 0 Å². The van der Waals surface area contributed by atoms with Crippen molar-refractivity contribution < 1.29 is 4.79 Å². The van der Waals surface area contributed by atoms with Crippen molar-refractivity contribution in [1.29, 1.82) is 0 Å². The number of nitrogens with one attached hydrogen (secondary N) is 1. The number of nitrogens with two attached hydrogens (primary N) is 1. The summed E-state index contributed by atoms with van der Waals surface area (Å²) in [6, 6.07) is 8.98. The highest BCUT2D eigenvalue weighted by Crippen LogP contribution is 2.42. The van der Waals surface area contributed by atoms with Crippen molar-refractivity contribution in [3.05, 3.63) is 35.4 Å². The van der Waals surface area contributed by atoms with Crippen molar-refractivity contribution in [2.24, 2.45) is 23.5 Å². The van der Waals surface area contributed by atoms with Crippen LogP contribution in [0.15, 0.2) is 24.3 Å². The van der Waals surface area contributed by atoms with Gasteiger partial charge >= 0.3 is 0 Å². The summed E-state index contributed by atoms with van der Waals surface area (Å²) < 4.78 is 0. The Morgan fingerprint density at radius 3 is 2.33 bits per heavy atom. The topological polar surface area (TPSA) is 55.1 Å². The van der Waals surface area contributed by atoms with E-state index in [-0.39, 0.29) is 30.3 Å². The van der Waals surface area contributed by atoms with Crippen LogP contribution in [0.4, 0.5) is 0 Å². The van der Waals surface area contributed by atoms with Crippen LogP contribution in [-0.4, -0.2) is 11.9 Å². The number of fused-ring (bicyclic) bond motifs is 2. The van der Waals surface area contributed by atoms with E-state index in [0.29, 0.717) is 17.9 Å². The highest BCUT2D eigenvalue weighted by Gasteiger charge is 2.40. The van der Waals surface area contributed by atoms with E-state index in [1.54, 1.807) is 0 Å². The maximum Gasteiger partial charge on any atom is 0.223 e. The maximum atomic E-state index is 12.7. The molecule has 3 unspecified atom stereocenters. The van der Waals surface area contributed by atoms with E-state index in [2.05, 4.69) is 43.4 Å². The number of amides is 1. The lowest BCUT2D eigenvalue weighted by atomic mass is 9.65. The molecule has 0 radical (unpaired) electrons. The predicted octanol–water partition coefficient (Wildman–Crippen LogP) is 4.00. The zero-order valence-electron chi connectivity index (χ0n) is 14.8. The Balaban J connectivity index is 0.00000208. The molecule has 2 aliphatic carbocycles. The lowest BCUT2D eigenvalue weighted by Crippen LogP contribution is -2.49. The van der Waals surface area contributed by atoms with Gasteiger partial charge in [-0.15, -0.1) is 12.4 Å². The van der Waals surface area contributed by atoms with E-state index in [0.717, 1.165) is 19.3 Å². The number of hydrogen-bond acceptors (Lipinski definition) is 2. The summed E-state index contributed by atoms with van der Waals surface area (Å²) >= 11 is 0. The molecule has 2 saturated carbocycles. The second-order valence-corrected chi connectivity index (χ2v) is 7.52. The van der Waals surface area contributed by atoms with Crippen LogP contribution in [0.1, 0.15) is 63.1 Å². The molecule has 0 saturated heterocycles. The number of hydrogen-bond donors (Lipinski definition) is 2. The van der Waals surface area contributed by atoms with Gasteiger partial charge in [0, 0.05) is 12.0 Å². The van der Waals surface area contributed by atoms with E-state index in [1.165, 1.54) is 30.4 Å². The van der Waals surface area contributed by atoms with Crippen molar-refractivity contribution >= 4 is 18.3 Å². The third-order valence-electron chi connectivity index (χ3n) is 6.03. The van der Waals surface area contributed by atoms with Gasteiger partial charge in [-0.05, 0) is 62.0 Å². The summed E-state index contributed by atoms with van der Waals surface area (Å²) in [5, 5.41) is 3.23. The average molecular weight is 351 g/mol. The van der Waals surface area contributed by atoms with Crippen LogP contribution >= 0.6 is 12.4 Å². The summed E-state index contributed by atoms with van der Waals surface area (Å²) in [6.07, 6.45) is 6.70. The summed E-state index contributed by atoms with van der Waals surface area (Å²) in [7, 11) is 0. The van der Waals surface area contributed by atoms with Gasteiger partial charge in [0.25, 0.3) is 0 Å². The quantitative estimate of drug-likeness (QED) is 0.862. The SMILES string of the molecule is CCc1ccc(C(C)NC(=O)C2CC3CCCC(C2)C3N)cc1.Cl. The fraction of sp³-hybridized carbons (Fsp3) is 0.650. The molecule has 2 fully saturated rings. The fourth-order valence-corrected chi connectivity index (χ4v) is 4.46. The molecule has 2 bridgehead atoms. The Kier molecular flexibility index (Phi) is 6.70. The molecule has 0 aliphatic heterocycles. The van der Waals surface area contributed by atoms with Gasteiger partial charge in [0.1, 0.15) is 0 Å². The molecule has 1 amide bonds. The molecule has 3 N–H and O–H groups in total. The summed E-state index contributed by atoms with van der Waals surface area (Å²) in [5.74, 6) is 1.48. The average Bonchev–Trinajstić information content (AvgIpc) is 2.54. The number of rotatable bonds is 4. The van der Waals surface area contributed by atoms with Crippen molar-refractivity contribution in [2.75, 3.05) is 0 Å². The Morgan fingerprint density at radius 2 is 1.79 bits per heavy atom. The minimum atomic E-state index is 0. The molecule has 0 spiro atoms. The van der Waals surface area contributed by atoms with Gasteiger partial charge in [-0.2, -0.15) is 0 Å². The van der Waals surface area contributed by atoms with E-state index in [4.69, 9.17) is 5.73 Å². The van der Waals surface area contributed by atoms with Gasteiger partial charge in [-0.1, -0.05) is 37.6 Å². The molecule has 3 rings (SSSR count). The molecular formula is C20H31ClN2O. The molecular weight excluding hydrogens is 320 g/mol. The Morgan fingerprint density at radius 1 is 1.21 bits per heavy atom. The number of aryl methyl sites for hydroxylation is 1. The van der Waals surface area contributed by atoms with E-state index in [1.807, 2.05) is 0 Å². The second-order valence-electron chi connectivity index (χ2n) is 7.52. The van der Waals surface area contributed by atoms with Crippen molar-refractivity contribution in [3.63, 3.8) is 0 Å². The molecule has 0 aromatic heterocycles. The molecule has 1 aromatic rings. The zero-order chi connectivity index (χ0) is 16.4. The zero-order valence-corrected chi connectivity index (χ0v) is 15.6. The van der Waals surface area contributed by atoms with Crippen LogP contribution < -0.4 is 11.1 Å². The summed E-state index contributed by atoms with van der Waals surface area (Å²) in [5.41, 5.74) is 8.85. The Bertz CT molecular complexity index is 531.